The van der Waals surface area contributed by atoms with Gasteiger partial charge in [-0.05, 0) is 42.4 Å². The van der Waals surface area contributed by atoms with Crippen molar-refractivity contribution in [1.82, 2.24) is 0 Å². The molecule has 1 unspecified atom stereocenters. The van der Waals surface area contributed by atoms with E-state index in [1.807, 2.05) is 6.07 Å². The fourth-order valence-electron chi connectivity index (χ4n) is 2.85. The van der Waals surface area contributed by atoms with Gasteiger partial charge in [-0.25, -0.2) is 0 Å². The number of hydrogen-bond acceptors (Lipinski definition) is 3. The maximum absolute atomic E-state index is 11.0. The van der Waals surface area contributed by atoms with Gasteiger partial charge in [0.05, 0.1) is 18.7 Å². The Balaban J connectivity index is 1.89. The number of anilines is 1. The standard InChI is InChI=1S/C15H19NO3/c1-16-6-7-19-14-8-11(4-5-13(14)16)12(9-15(17)18)10-2-3-10/h4-5,8,10,12H,2-3,6-7,9H2,1H3,(H,17,18). The number of nitrogens with zero attached hydrogens (tertiary/aromatic N) is 1. The number of aliphatic carboxylic acids is 1. The molecule has 0 bridgehead atoms. The number of rotatable bonds is 4. The van der Waals surface area contributed by atoms with E-state index in [9.17, 15) is 4.79 Å². The summed E-state index contributed by atoms with van der Waals surface area (Å²) in [6, 6.07) is 6.16. The number of carboxylic acids is 1. The Morgan fingerprint density at radius 3 is 3.00 bits per heavy atom. The fourth-order valence-corrected chi connectivity index (χ4v) is 2.85. The first-order valence-electron chi connectivity index (χ1n) is 6.85. The van der Waals surface area contributed by atoms with Crippen LogP contribution in [0.15, 0.2) is 18.2 Å². The zero-order valence-corrected chi connectivity index (χ0v) is 11.1. The summed E-state index contributed by atoms with van der Waals surface area (Å²) in [6.45, 7) is 1.59. The zero-order chi connectivity index (χ0) is 13.4. The Kier molecular flexibility index (Phi) is 3.09. The number of carbonyl (C=O) groups is 1. The van der Waals surface area contributed by atoms with Crippen LogP contribution < -0.4 is 9.64 Å². The lowest BCUT2D eigenvalue weighted by atomic mass is 9.90. The monoisotopic (exact) mass is 261 g/mol. The topological polar surface area (TPSA) is 49.8 Å². The van der Waals surface area contributed by atoms with Gasteiger partial charge < -0.3 is 14.7 Å². The highest BCUT2D eigenvalue weighted by Gasteiger charge is 2.34. The second-order valence-corrected chi connectivity index (χ2v) is 5.54. The van der Waals surface area contributed by atoms with E-state index in [0.29, 0.717) is 12.5 Å². The molecule has 3 rings (SSSR count). The molecule has 0 saturated heterocycles. The minimum Gasteiger partial charge on any atom is -0.490 e. The molecular weight excluding hydrogens is 242 g/mol. The van der Waals surface area contributed by atoms with Crippen molar-refractivity contribution < 1.29 is 14.6 Å². The van der Waals surface area contributed by atoms with Crippen molar-refractivity contribution in [3.05, 3.63) is 23.8 Å². The van der Waals surface area contributed by atoms with Gasteiger partial charge in [-0.15, -0.1) is 0 Å². The summed E-state index contributed by atoms with van der Waals surface area (Å²) in [5.74, 6) is 0.851. The van der Waals surface area contributed by atoms with Gasteiger partial charge in [-0.3, -0.25) is 4.79 Å². The van der Waals surface area contributed by atoms with E-state index in [-0.39, 0.29) is 12.3 Å². The van der Waals surface area contributed by atoms with Crippen LogP contribution in [0.4, 0.5) is 5.69 Å². The minimum absolute atomic E-state index is 0.138. The summed E-state index contributed by atoms with van der Waals surface area (Å²) in [5.41, 5.74) is 2.21. The summed E-state index contributed by atoms with van der Waals surface area (Å²) in [4.78, 5) is 13.2. The van der Waals surface area contributed by atoms with Crippen molar-refractivity contribution in [2.45, 2.75) is 25.2 Å². The van der Waals surface area contributed by atoms with Gasteiger partial charge in [0, 0.05) is 7.05 Å². The first kappa shape index (κ1) is 12.3. The van der Waals surface area contributed by atoms with Crippen molar-refractivity contribution >= 4 is 11.7 Å². The number of fused-ring (bicyclic) bond motifs is 1. The van der Waals surface area contributed by atoms with Crippen LogP contribution in [0.25, 0.3) is 0 Å². The predicted octanol–water partition coefficient (Wildman–Crippen LogP) is 2.48. The molecule has 1 fully saturated rings. The molecule has 19 heavy (non-hydrogen) atoms. The van der Waals surface area contributed by atoms with Crippen molar-refractivity contribution in [3.8, 4) is 5.75 Å². The minimum atomic E-state index is -0.715. The fraction of sp³-hybridized carbons (Fsp3) is 0.533. The summed E-state index contributed by atoms with van der Waals surface area (Å²) in [5, 5.41) is 9.06. The molecule has 4 heteroatoms. The lowest BCUT2D eigenvalue weighted by molar-refractivity contribution is -0.137. The van der Waals surface area contributed by atoms with Crippen molar-refractivity contribution in [2.24, 2.45) is 5.92 Å². The average molecular weight is 261 g/mol. The lowest BCUT2D eigenvalue weighted by Crippen LogP contribution is -2.28. The molecule has 1 atom stereocenters. The molecule has 1 aliphatic carbocycles. The highest BCUT2D eigenvalue weighted by molar-refractivity contribution is 5.69. The first-order chi connectivity index (χ1) is 9.15. The third-order valence-corrected chi connectivity index (χ3v) is 4.09. The van der Waals surface area contributed by atoms with E-state index >= 15 is 0 Å². The number of benzene rings is 1. The van der Waals surface area contributed by atoms with Crippen LogP contribution in [0.2, 0.25) is 0 Å². The summed E-state index contributed by atoms with van der Waals surface area (Å²) in [7, 11) is 2.05. The Hall–Kier alpha value is -1.71. The molecular formula is C15H19NO3. The van der Waals surface area contributed by atoms with Crippen LogP contribution in [0.1, 0.15) is 30.7 Å². The SMILES string of the molecule is CN1CCOc2cc(C(CC(=O)O)C3CC3)ccc21. The van der Waals surface area contributed by atoms with E-state index in [1.54, 1.807) is 0 Å². The van der Waals surface area contributed by atoms with Gasteiger partial charge >= 0.3 is 5.97 Å². The molecule has 0 spiro atoms. The summed E-state index contributed by atoms with van der Waals surface area (Å²) >= 11 is 0. The molecule has 1 heterocycles. The molecule has 2 aliphatic rings. The molecule has 102 valence electrons. The number of hydrogen-bond donors (Lipinski definition) is 1. The first-order valence-corrected chi connectivity index (χ1v) is 6.85. The van der Waals surface area contributed by atoms with Crippen molar-refractivity contribution in [2.75, 3.05) is 25.1 Å². The largest absolute Gasteiger partial charge is 0.490 e. The van der Waals surface area contributed by atoms with Gasteiger partial charge in [0.25, 0.3) is 0 Å². The van der Waals surface area contributed by atoms with Crippen LogP contribution in [-0.2, 0) is 4.79 Å². The Labute approximate surface area is 113 Å². The third kappa shape index (κ3) is 2.53. The van der Waals surface area contributed by atoms with Gasteiger partial charge in [-0.1, -0.05) is 6.07 Å². The van der Waals surface area contributed by atoms with E-state index in [4.69, 9.17) is 9.84 Å². The Morgan fingerprint density at radius 1 is 1.53 bits per heavy atom. The lowest BCUT2D eigenvalue weighted by Gasteiger charge is -2.28. The molecule has 1 aromatic rings. The smallest absolute Gasteiger partial charge is 0.303 e. The van der Waals surface area contributed by atoms with Gasteiger partial charge in [0.15, 0.2) is 0 Å². The highest BCUT2D eigenvalue weighted by atomic mass is 16.5. The van der Waals surface area contributed by atoms with Gasteiger partial charge in [0.2, 0.25) is 0 Å². The molecule has 1 N–H and O–H groups in total. The van der Waals surface area contributed by atoms with Crippen LogP contribution in [-0.4, -0.2) is 31.3 Å². The van der Waals surface area contributed by atoms with E-state index in [2.05, 4.69) is 24.1 Å². The molecule has 4 nitrogen and oxygen atoms in total. The van der Waals surface area contributed by atoms with Crippen LogP contribution in [0.5, 0.6) is 5.75 Å². The molecule has 1 aromatic carbocycles. The molecule has 1 saturated carbocycles. The maximum atomic E-state index is 11.0. The van der Waals surface area contributed by atoms with Crippen molar-refractivity contribution in [3.63, 3.8) is 0 Å². The summed E-state index contributed by atoms with van der Waals surface area (Å²) in [6.07, 6.45) is 2.52. The molecule has 0 amide bonds. The second-order valence-electron chi connectivity index (χ2n) is 5.54. The van der Waals surface area contributed by atoms with E-state index in [0.717, 1.165) is 36.4 Å². The van der Waals surface area contributed by atoms with E-state index < -0.39 is 5.97 Å². The zero-order valence-electron chi connectivity index (χ0n) is 11.1. The molecule has 0 aromatic heterocycles. The highest BCUT2D eigenvalue weighted by Crippen LogP contribution is 2.46. The normalized spacial score (nSPS) is 19.5. The quantitative estimate of drug-likeness (QED) is 0.904. The molecule has 1 aliphatic heterocycles. The van der Waals surface area contributed by atoms with Crippen LogP contribution >= 0.6 is 0 Å². The Bertz CT molecular complexity index is 496. The number of ether oxygens (including phenoxy) is 1. The summed E-state index contributed by atoms with van der Waals surface area (Å²) < 4.78 is 5.70. The van der Waals surface area contributed by atoms with Crippen molar-refractivity contribution in [1.29, 1.82) is 0 Å². The van der Waals surface area contributed by atoms with E-state index in [1.165, 1.54) is 0 Å². The predicted molar refractivity (Wildman–Crippen MR) is 72.9 cm³/mol. The van der Waals surface area contributed by atoms with Gasteiger partial charge in [0.1, 0.15) is 12.4 Å². The third-order valence-electron chi connectivity index (χ3n) is 4.09. The molecule has 0 radical (unpaired) electrons. The van der Waals surface area contributed by atoms with Crippen LogP contribution in [0.3, 0.4) is 0 Å². The maximum Gasteiger partial charge on any atom is 0.303 e. The number of likely N-dealkylation sites (N-methyl/N-ethyl adjacent to an activating group) is 1. The van der Waals surface area contributed by atoms with Crippen LogP contribution in [0, 0.1) is 5.92 Å². The van der Waals surface area contributed by atoms with Gasteiger partial charge in [-0.2, -0.15) is 0 Å². The second kappa shape index (κ2) is 4.76. The average Bonchev–Trinajstić information content (AvgIpc) is 3.20. The number of carboxylic acid groups (broad SMARTS) is 1. The Morgan fingerprint density at radius 2 is 2.32 bits per heavy atom.